The van der Waals surface area contributed by atoms with Gasteiger partial charge in [-0.3, -0.25) is 4.79 Å². The zero-order valence-corrected chi connectivity index (χ0v) is 14.6. The molecule has 2 aromatic carbocycles. The second kappa shape index (κ2) is 6.43. The molecule has 0 spiro atoms. The van der Waals surface area contributed by atoms with E-state index in [1.54, 1.807) is 31.2 Å². The quantitative estimate of drug-likeness (QED) is 0.779. The summed E-state index contributed by atoms with van der Waals surface area (Å²) in [4.78, 5) is 11.5. The van der Waals surface area contributed by atoms with E-state index in [9.17, 15) is 20.1 Å². The molecule has 0 aliphatic heterocycles. The molecule has 0 saturated heterocycles. The number of hydrogen-bond donors (Lipinski definition) is 3. The van der Waals surface area contributed by atoms with E-state index in [-0.39, 0.29) is 22.8 Å². The third-order valence-corrected chi connectivity index (χ3v) is 5.72. The van der Waals surface area contributed by atoms with Gasteiger partial charge in [0.05, 0.1) is 5.92 Å². The molecule has 1 aliphatic rings. The van der Waals surface area contributed by atoms with Crippen molar-refractivity contribution in [2.75, 3.05) is 0 Å². The van der Waals surface area contributed by atoms with Gasteiger partial charge in [0.25, 0.3) is 0 Å². The fraction of sp³-hybridized carbons (Fsp3) is 0.381. The lowest BCUT2D eigenvalue weighted by atomic mass is 9.59. The Hall–Kier alpha value is -2.49. The highest BCUT2D eigenvalue weighted by atomic mass is 16.4. The Morgan fingerprint density at radius 2 is 1.80 bits per heavy atom. The van der Waals surface area contributed by atoms with Crippen LogP contribution in [0.2, 0.25) is 0 Å². The Labute approximate surface area is 147 Å². The minimum atomic E-state index is -0.793. The minimum Gasteiger partial charge on any atom is -0.508 e. The average molecular weight is 340 g/mol. The summed E-state index contributed by atoms with van der Waals surface area (Å²) in [5.74, 6) is -0.742. The SMILES string of the molecule is CC(C[C@@H]1c2ccc(O)cc2CC[C@]1(C)c1ccc(O)cc1)C(=O)O. The Kier molecular flexibility index (Phi) is 4.46. The molecule has 0 aromatic heterocycles. The number of rotatable bonds is 4. The standard InChI is InChI=1S/C21H24O4/c1-13(20(24)25)11-19-18-8-7-17(23)12-14(18)9-10-21(19,2)15-3-5-16(22)6-4-15/h3-8,12-13,19,22-23H,9-11H2,1-2H3,(H,24,25)/t13?,19-,21-/m1/s1. The van der Waals surface area contributed by atoms with Crippen LogP contribution in [-0.4, -0.2) is 21.3 Å². The van der Waals surface area contributed by atoms with Crippen LogP contribution < -0.4 is 0 Å². The summed E-state index contributed by atoms with van der Waals surface area (Å²) in [5.41, 5.74) is 3.10. The molecule has 1 unspecified atom stereocenters. The number of aryl methyl sites for hydroxylation is 1. The second-order valence-electron chi connectivity index (χ2n) is 7.38. The van der Waals surface area contributed by atoms with E-state index in [4.69, 9.17) is 0 Å². The zero-order valence-electron chi connectivity index (χ0n) is 14.6. The summed E-state index contributed by atoms with van der Waals surface area (Å²) >= 11 is 0. The molecule has 0 heterocycles. The molecule has 4 nitrogen and oxygen atoms in total. The number of carbonyl (C=O) groups is 1. The summed E-state index contributed by atoms with van der Waals surface area (Å²) in [5, 5.41) is 28.8. The van der Waals surface area contributed by atoms with Crippen LogP contribution >= 0.6 is 0 Å². The number of fused-ring (bicyclic) bond motifs is 1. The molecular formula is C21H24O4. The summed E-state index contributed by atoms with van der Waals surface area (Å²) in [7, 11) is 0. The summed E-state index contributed by atoms with van der Waals surface area (Å²) in [6, 6.07) is 12.6. The van der Waals surface area contributed by atoms with E-state index in [0.717, 1.165) is 29.5 Å². The maximum atomic E-state index is 11.5. The van der Waals surface area contributed by atoms with Crippen LogP contribution in [0.4, 0.5) is 0 Å². The first kappa shape index (κ1) is 17.3. The third kappa shape index (κ3) is 3.21. The van der Waals surface area contributed by atoms with Gasteiger partial charge in [-0.2, -0.15) is 0 Å². The molecule has 3 atom stereocenters. The van der Waals surface area contributed by atoms with Gasteiger partial charge in [0.1, 0.15) is 11.5 Å². The molecule has 25 heavy (non-hydrogen) atoms. The van der Waals surface area contributed by atoms with Crippen LogP contribution in [-0.2, 0) is 16.6 Å². The van der Waals surface area contributed by atoms with Gasteiger partial charge >= 0.3 is 5.97 Å². The fourth-order valence-electron chi connectivity index (χ4n) is 4.09. The molecule has 0 radical (unpaired) electrons. The molecular weight excluding hydrogens is 316 g/mol. The Balaban J connectivity index is 2.08. The number of carboxylic acid groups (broad SMARTS) is 1. The second-order valence-corrected chi connectivity index (χ2v) is 7.38. The molecule has 132 valence electrons. The van der Waals surface area contributed by atoms with Crippen molar-refractivity contribution in [3.63, 3.8) is 0 Å². The van der Waals surface area contributed by atoms with E-state index in [2.05, 4.69) is 6.92 Å². The van der Waals surface area contributed by atoms with Gasteiger partial charge in [-0.15, -0.1) is 0 Å². The van der Waals surface area contributed by atoms with Crippen molar-refractivity contribution in [1.29, 1.82) is 0 Å². The van der Waals surface area contributed by atoms with Gasteiger partial charge in [-0.1, -0.05) is 32.0 Å². The molecule has 0 bridgehead atoms. The van der Waals surface area contributed by atoms with Gasteiger partial charge in [0.2, 0.25) is 0 Å². The molecule has 2 aromatic rings. The third-order valence-electron chi connectivity index (χ3n) is 5.72. The van der Waals surface area contributed by atoms with Crippen molar-refractivity contribution in [3.8, 4) is 11.5 Å². The Bertz CT molecular complexity index is 781. The number of hydrogen-bond acceptors (Lipinski definition) is 3. The number of phenolic OH excluding ortho intramolecular Hbond substituents is 2. The van der Waals surface area contributed by atoms with Crippen molar-refractivity contribution in [1.82, 2.24) is 0 Å². The Morgan fingerprint density at radius 3 is 2.44 bits per heavy atom. The summed E-state index contributed by atoms with van der Waals surface area (Å²) in [6.45, 7) is 3.92. The van der Waals surface area contributed by atoms with Gasteiger partial charge < -0.3 is 15.3 Å². The normalized spacial score (nSPS) is 23.7. The molecule has 4 heteroatoms. The van der Waals surface area contributed by atoms with Crippen molar-refractivity contribution in [2.45, 2.75) is 44.4 Å². The number of phenols is 2. The van der Waals surface area contributed by atoms with E-state index in [1.807, 2.05) is 18.2 Å². The van der Waals surface area contributed by atoms with Gasteiger partial charge in [0.15, 0.2) is 0 Å². The summed E-state index contributed by atoms with van der Waals surface area (Å²) < 4.78 is 0. The largest absolute Gasteiger partial charge is 0.508 e. The monoisotopic (exact) mass is 340 g/mol. The molecule has 1 aliphatic carbocycles. The van der Waals surface area contributed by atoms with Crippen molar-refractivity contribution < 1.29 is 20.1 Å². The average Bonchev–Trinajstić information content (AvgIpc) is 2.57. The van der Waals surface area contributed by atoms with Crippen molar-refractivity contribution in [3.05, 3.63) is 59.2 Å². The van der Waals surface area contributed by atoms with Crippen LogP contribution in [0, 0.1) is 5.92 Å². The van der Waals surface area contributed by atoms with Crippen LogP contribution in [0.5, 0.6) is 11.5 Å². The molecule has 3 N–H and O–H groups in total. The van der Waals surface area contributed by atoms with Gasteiger partial charge in [-0.05, 0) is 71.6 Å². The van der Waals surface area contributed by atoms with Crippen LogP contribution in [0.3, 0.4) is 0 Å². The maximum Gasteiger partial charge on any atom is 0.306 e. The molecule has 0 saturated carbocycles. The van der Waals surface area contributed by atoms with Gasteiger partial charge in [0, 0.05) is 0 Å². The highest BCUT2D eigenvalue weighted by Crippen LogP contribution is 2.50. The highest BCUT2D eigenvalue weighted by Gasteiger charge is 2.42. The lowest BCUT2D eigenvalue weighted by Gasteiger charge is -2.44. The minimum absolute atomic E-state index is 0.0347. The number of aromatic hydroxyl groups is 2. The van der Waals surface area contributed by atoms with Crippen LogP contribution in [0.15, 0.2) is 42.5 Å². The van der Waals surface area contributed by atoms with E-state index in [0.29, 0.717) is 6.42 Å². The van der Waals surface area contributed by atoms with Crippen molar-refractivity contribution >= 4 is 5.97 Å². The van der Waals surface area contributed by atoms with Crippen LogP contribution in [0.25, 0.3) is 0 Å². The first-order valence-corrected chi connectivity index (χ1v) is 8.65. The maximum absolute atomic E-state index is 11.5. The predicted molar refractivity (Wildman–Crippen MR) is 96.0 cm³/mol. The fourth-order valence-corrected chi connectivity index (χ4v) is 4.09. The van der Waals surface area contributed by atoms with Gasteiger partial charge in [-0.25, -0.2) is 0 Å². The van der Waals surface area contributed by atoms with E-state index in [1.165, 1.54) is 0 Å². The highest BCUT2D eigenvalue weighted by molar-refractivity contribution is 5.69. The summed E-state index contributed by atoms with van der Waals surface area (Å²) in [6.07, 6.45) is 2.23. The first-order valence-electron chi connectivity index (χ1n) is 8.65. The number of aliphatic carboxylic acids is 1. The number of benzene rings is 2. The lowest BCUT2D eigenvalue weighted by Crippen LogP contribution is -2.37. The van der Waals surface area contributed by atoms with E-state index < -0.39 is 11.9 Å². The smallest absolute Gasteiger partial charge is 0.306 e. The topological polar surface area (TPSA) is 77.8 Å². The Morgan fingerprint density at radius 1 is 1.16 bits per heavy atom. The predicted octanol–water partition coefficient (Wildman–Crippen LogP) is 4.20. The van der Waals surface area contributed by atoms with Crippen molar-refractivity contribution in [2.24, 2.45) is 5.92 Å². The lowest BCUT2D eigenvalue weighted by molar-refractivity contribution is -0.141. The van der Waals surface area contributed by atoms with E-state index >= 15 is 0 Å². The zero-order chi connectivity index (χ0) is 18.2. The molecule has 0 amide bonds. The molecule has 3 rings (SSSR count). The number of carboxylic acids is 1. The molecule has 0 fully saturated rings. The first-order chi connectivity index (χ1) is 11.8. The van der Waals surface area contributed by atoms with Crippen LogP contribution in [0.1, 0.15) is 49.3 Å².